The van der Waals surface area contributed by atoms with E-state index in [-0.39, 0.29) is 180 Å². The van der Waals surface area contributed by atoms with Crippen LogP contribution in [0.2, 0.25) is 0 Å². The summed E-state index contributed by atoms with van der Waals surface area (Å²) in [6, 6.07) is 16.2. The summed E-state index contributed by atoms with van der Waals surface area (Å²) >= 11 is 0. The van der Waals surface area contributed by atoms with E-state index in [1.165, 1.54) is 0 Å². The van der Waals surface area contributed by atoms with Crippen molar-refractivity contribution in [1.29, 1.82) is 0 Å². The van der Waals surface area contributed by atoms with Crippen molar-refractivity contribution in [3.05, 3.63) is 176 Å². The molecule has 490 valence electrons. The number of hydrogen-bond acceptors (Lipinski definition) is 32. The van der Waals surface area contributed by atoms with Crippen molar-refractivity contribution < 1.29 is 265 Å². The molecule has 0 saturated heterocycles. The zero-order valence-corrected chi connectivity index (χ0v) is 50.3. The first-order valence-electron chi connectivity index (χ1n) is 20.2. The quantitative estimate of drug-likeness (QED) is 0.0569. The van der Waals surface area contributed by atoms with Crippen molar-refractivity contribution >= 4 is 106 Å². The van der Waals surface area contributed by atoms with E-state index in [9.17, 15) is 119 Å². The number of carbonyl (C=O) groups excluding carboxylic acids is 12. The van der Waals surface area contributed by atoms with Crippen LogP contribution in [0.1, 0.15) is 124 Å². The van der Waals surface area contributed by atoms with Crippen molar-refractivity contribution in [2.75, 3.05) is 0 Å². The van der Waals surface area contributed by atoms with Gasteiger partial charge in [-0.1, -0.05) is 0 Å². The minimum atomic E-state index is -1.66. The standard InChI is InChI=1S/3C16H10N2O8.6Fe.6H2O.2O/c3*19-13(20)7-1-8(14(21)22)4-11(3-7)17-18-12-5-9(15(23)24)2-10(6-12)16(25)26;;;;;;;;;;;;;;/h3*1-6H,(H,19,20)(H,21,22)(H,23,24)(H,25,26);;;;;;;6*1H2;;/q;;;6*+3;;;;;;;2*-2/p-14. The molecule has 10 N–H and O–H groups in total. The van der Waals surface area contributed by atoms with Crippen LogP contribution in [0.5, 0.6) is 0 Å². The Hall–Kier alpha value is -9.44. The summed E-state index contributed by atoms with van der Waals surface area (Å²) < 4.78 is 0. The summed E-state index contributed by atoms with van der Waals surface area (Å²) in [5.74, 6) is -20.0. The molecule has 0 amide bonds. The van der Waals surface area contributed by atoms with Crippen LogP contribution >= 0.6 is 0 Å². The Morgan fingerprint density at radius 3 is 0.304 bits per heavy atom. The Morgan fingerprint density at radius 1 is 0.185 bits per heavy atom. The molecule has 0 saturated carbocycles. The molecular weight excluding hydrogens is 1510 g/mol. The van der Waals surface area contributed by atoms with Gasteiger partial charge >= 0.3 is 102 Å². The largest absolute Gasteiger partial charge is 3.00 e. The Labute approximate surface area is 573 Å². The number of nitrogens with zero attached hydrogens (tertiary/aromatic N) is 6. The van der Waals surface area contributed by atoms with E-state index in [4.69, 9.17) is 0 Å². The normalized spacial score (nSPS) is 9.00. The van der Waals surface area contributed by atoms with Gasteiger partial charge in [0.15, 0.2) is 0 Å². The first-order chi connectivity index (χ1) is 36.5. The molecule has 38 nitrogen and oxygen atoms in total. The molecule has 0 atom stereocenters. The monoisotopic (exact) mass is 1540 g/mol. The SMILES string of the molecule is O.O.O.O.O=C([O-])c1cc(N=Nc2cc(C(=O)[O-])cc(C(=O)[O-])c2)cc(C(=O)[O-])c1.O=C([O-])c1cc(N=Nc2cc(C(=O)[O-])cc(C(=O)[O-])c2)cc(C(=O)[O-])c1.O=C([O-])c1cc(N=Nc2cc(C(=O)[O-])cc(C(=O)[O-])c2)cc(C(=O)[O-])c1.[Fe+3].[Fe+3].[Fe+3].[Fe+3].[Fe+3].[Fe+3].[O-2].[O-2].[OH-].[OH-]. The number of carbonyl (C=O) groups is 12. The molecule has 6 radical (unpaired) electrons. The van der Waals surface area contributed by atoms with Gasteiger partial charge in [-0.25, -0.2) is 0 Å². The molecule has 6 aromatic rings. The topological polar surface area (TPSA) is 799 Å². The van der Waals surface area contributed by atoms with Gasteiger partial charge < -0.3 is 163 Å². The predicted molar refractivity (Wildman–Crippen MR) is 243 cm³/mol. The van der Waals surface area contributed by atoms with E-state index in [2.05, 4.69) is 30.7 Å². The number of rotatable bonds is 18. The second-order valence-electron chi connectivity index (χ2n) is 14.7. The summed E-state index contributed by atoms with van der Waals surface area (Å²) in [6.45, 7) is 0. The van der Waals surface area contributed by atoms with E-state index in [1.807, 2.05) is 0 Å². The van der Waals surface area contributed by atoms with Crippen LogP contribution < -0.4 is 61.3 Å². The maximum Gasteiger partial charge on any atom is 3.00 e. The maximum absolute atomic E-state index is 10.9. The molecular formula is C48H28Fe6N6O32. The summed E-state index contributed by atoms with van der Waals surface area (Å²) in [6.07, 6.45) is 0. The van der Waals surface area contributed by atoms with Gasteiger partial charge in [-0.2, -0.15) is 30.7 Å². The van der Waals surface area contributed by atoms with Crippen molar-refractivity contribution in [2.24, 2.45) is 30.7 Å². The van der Waals surface area contributed by atoms with Gasteiger partial charge in [-0.3, -0.25) is 0 Å². The third kappa shape index (κ3) is 32.3. The van der Waals surface area contributed by atoms with Crippen LogP contribution in [0, 0.1) is 0 Å². The third-order valence-electron chi connectivity index (χ3n) is 9.18. The summed E-state index contributed by atoms with van der Waals surface area (Å²) in [5, 5.41) is 152. The first-order valence-corrected chi connectivity index (χ1v) is 20.2. The Balaban J connectivity index is -0.000000110. The van der Waals surface area contributed by atoms with Crippen LogP contribution in [-0.2, 0) is 113 Å². The Kier molecular flexibility index (Phi) is 56.4. The second-order valence-corrected chi connectivity index (χ2v) is 14.7. The second kappa shape index (κ2) is 48.4. The number of azo groups is 3. The van der Waals surface area contributed by atoms with Gasteiger partial charge in [0.1, 0.15) is 0 Å². The van der Waals surface area contributed by atoms with E-state index in [1.54, 1.807) is 0 Å². The number of carboxylic acids is 12. The van der Waals surface area contributed by atoms with Gasteiger partial charge in [-0.05, 0) is 109 Å². The molecule has 6 rings (SSSR count). The Bertz CT molecular complexity index is 2890. The fraction of sp³-hybridized carbons (Fsp3) is 0. The van der Waals surface area contributed by atoms with Crippen molar-refractivity contribution in [1.82, 2.24) is 0 Å². The number of carboxylic acid groups (broad SMARTS) is 12. The van der Waals surface area contributed by atoms with Gasteiger partial charge in [0.25, 0.3) is 0 Å². The van der Waals surface area contributed by atoms with Crippen molar-refractivity contribution in [3.63, 3.8) is 0 Å². The van der Waals surface area contributed by atoms with Crippen LogP contribution in [0.3, 0.4) is 0 Å². The van der Waals surface area contributed by atoms with Crippen molar-refractivity contribution in [2.45, 2.75) is 0 Å². The molecule has 0 spiro atoms. The fourth-order valence-electron chi connectivity index (χ4n) is 5.77. The molecule has 0 unspecified atom stereocenters. The minimum Gasteiger partial charge on any atom is -2.00 e. The number of benzene rings is 6. The first kappa shape index (κ1) is 107. The van der Waals surface area contributed by atoms with Crippen molar-refractivity contribution in [3.8, 4) is 0 Å². The molecule has 0 bridgehead atoms. The zero-order valence-electron chi connectivity index (χ0n) is 43.7. The molecule has 0 fully saturated rings. The summed E-state index contributed by atoms with van der Waals surface area (Å²) in [4.78, 5) is 131. The van der Waals surface area contributed by atoms with Gasteiger partial charge in [-0.15, -0.1) is 0 Å². The van der Waals surface area contributed by atoms with Crippen LogP contribution in [0.4, 0.5) is 34.1 Å². The van der Waals surface area contributed by atoms with Crippen LogP contribution in [0.25, 0.3) is 0 Å². The fourth-order valence-corrected chi connectivity index (χ4v) is 5.77. The molecule has 92 heavy (non-hydrogen) atoms. The van der Waals surface area contributed by atoms with Gasteiger partial charge in [0.2, 0.25) is 0 Å². The van der Waals surface area contributed by atoms with Gasteiger partial charge in [0.05, 0.1) is 106 Å². The van der Waals surface area contributed by atoms with E-state index < -0.39 is 138 Å². The summed E-state index contributed by atoms with van der Waals surface area (Å²) in [7, 11) is 0. The average molecular weight is 1540 g/mol. The average Bonchev–Trinajstić information content (AvgIpc) is 3.38. The molecule has 44 heteroatoms. The smallest absolute Gasteiger partial charge is 2.00 e. The predicted octanol–water partition coefficient (Wildman–Crippen LogP) is -11.2. The van der Waals surface area contributed by atoms with Crippen LogP contribution in [-0.4, -0.2) is 104 Å². The maximum atomic E-state index is 10.9. The molecule has 0 heterocycles. The zero-order chi connectivity index (χ0) is 58.3. The molecule has 0 aliphatic heterocycles. The van der Waals surface area contributed by atoms with E-state index in [0.29, 0.717) is 0 Å². The minimum absolute atomic E-state index is 0. The third-order valence-corrected chi connectivity index (χ3v) is 9.18. The summed E-state index contributed by atoms with van der Waals surface area (Å²) in [5.41, 5.74) is -7.34. The van der Waals surface area contributed by atoms with Crippen LogP contribution in [0.15, 0.2) is 140 Å². The van der Waals surface area contributed by atoms with E-state index >= 15 is 0 Å². The van der Waals surface area contributed by atoms with Gasteiger partial charge in [0, 0.05) is 66.8 Å². The molecule has 0 aromatic heterocycles. The number of hydrogen-bond donors (Lipinski definition) is 0. The molecule has 6 aromatic carbocycles. The van der Waals surface area contributed by atoms with E-state index in [0.717, 1.165) is 109 Å². The molecule has 0 aliphatic carbocycles. The Morgan fingerprint density at radius 2 is 0.250 bits per heavy atom. The number of aromatic carboxylic acids is 12. The molecule has 0 aliphatic rings.